The van der Waals surface area contributed by atoms with Crippen molar-refractivity contribution >= 4 is 41.3 Å². The lowest BCUT2D eigenvalue weighted by Crippen LogP contribution is -2.41. The number of morpholine rings is 1. The van der Waals surface area contributed by atoms with Crippen molar-refractivity contribution < 1.29 is 9.15 Å². The highest BCUT2D eigenvalue weighted by molar-refractivity contribution is 14.0. The van der Waals surface area contributed by atoms with E-state index in [-0.39, 0.29) is 29.4 Å². The fourth-order valence-electron chi connectivity index (χ4n) is 3.14. The van der Waals surface area contributed by atoms with Crippen molar-refractivity contribution in [1.82, 2.24) is 20.5 Å². The first kappa shape index (κ1) is 26.1. The normalized spacial score (nSPS) is 15.5. The van der Waals surface area contributed by atoms with Gasteiger partial charge in [0, 0.05) is 56.4 Å². The van der Waals surface area contributed by atoms with Gasteiger partial charge in [0.05, 0.1) is 36.7 Å². The summed E-state index contributed by atoms with van der Waals surface area (Å²) in [6, 6.07) is 3.92. The first-order valence-electron chi connectivity index (χ1n) is 10.8. The standard InChI is InChI=1S/C22H35N5O2S.HI/c1-22(2,3)20-26-18(17-30-20)6-8-23-21(24-9-7-19-5-4-14-29-19)25-10-11-27-12-15-28-16-13-27;/h4-5,14,17H,6-13,15-16H2,1-3H3,(H2,23,24,25);1H. The van der Waals surface area contributed by atoms with E-state index < -0.39 is 0 Å². The van der Waals surface area contributed by atoms with Crippen LogP contribution in [0.25, 0.3) is 0 Å². The molecule has 0 aromatic carbocycles. The fourth-order valence-corrected chi connectivity index (χ4v) is 4.08. The van der Waals surface area contributed by atoms with E-state index >= 15 is 0 Å². The van der Waals surface area contributed by atoms with E-state index in [1.54, 1.807) is 17.6 Å². The molecule has 31 heavy (non-hydrogen) atoms. The van der Waals surface area contributed by atoms with E-state index in [1.807, 2.05) is 12.1 Å². The van der Waals surface area contributed by atoms with Gasteiger partial charge in [-0.05, 0) is 12.1 Å². The number of furan rings is 1. The summed E-state index contributed by atoms with van der Waals surface area (Å²) in [5.74, 6) is 1.83. The second-order valence-corrected chi connectivity index (χ2v) is 9.37. The maximum absolute atomic E-state index is 5.42. The summed E-state index contributed by atoms with van der Waals surface area (Å²) < 4.78 is 10.8. The number of hydrogen-bond donors (Lipinski definition) is 2. The molecule has 3 heterocycles. The minimum absolute atomic E-state index is 0. The largest absolute Gasteiger partial charge is 0.469 e. The highest BCUT2D eigenvalue weighted by atomic mass is 127. The minimum atomic E-state index is 0. The molecule has 2 aromatic rings. The van der Waals surface area contributed by atoms with Crippen LogP contribution in [-0.2, 0) is 23.0 Å². The number of rotatable bonds is 9. The predicted octanol–water partition coefficient (Wildman–Crippen LogP) is 3.30. The van der Waals surface area contributed by atoms with Crippen molar-refractivity contribution in [1.29, 1.82) is 0 Å². The molecule has 2 aromatic heterocycles. The molecule has 1 fully saturated rings. The molecule has 174 valence electrons. The Kier molecular flexibility index (Phi) is 11.3. The fraction of sp³-hybridized carbons (Fsp3) is 0.636. The average molecular weight is 562 g/mol. The quantitative estimate of drug-likeness (QED) is 0.278. The Morgan fingerprint density at radius 3 is 2.58 bits per heavy atom. The van der Waals surface area contributed by atoms with Gasteiger partial charge in [-0.25, -0.2) is 4.98 Å². The van der Waals surface area contributed by atoms with Gasteiger partial charge in [-0.2, -0.15) is 0 Å². The summed E-state index contributed by atoms with van der Waals surface area (Å²) in [7, 11) is 0. The molecular formula is C22H36IN5O2S. The third kappa shape index (κ3) is 9.46. The minimum Gasteiger partial charge on any atom is -0.469 e. The van der Waals surface area contributed by atoms with Gasteiger partial charge >= 0.3 is 0 Å². The van der Waals surface area contributed by atoms with Gasteiger partial charge in [0.25, 0.3) is 0 Å². The maximum atomic E-state index is 5.42. The highest BCUT2D eigenvalue weighted by Gasteiger charge is 2.17. The van der Waals surface area contributed by atoms with E-state index in [0.717, 1.165) is 82.7 Å². The predicted molar refractivity (Wildman–Crippen MR) is 138 cm³/mol. The summed E-state index contributed by atoms with van der Waals surface area (Å²) >= 11 is 1.75. The van der Waals surface area contributed by atoms with Crippen LogP contribution in [0.1, 0.15) is 37.2 Å². The van der Waals surface area contributed by atoms with Crippen molar-refractivity contribution in [2.45, 2.75) is 39.0 Å². The van der Waals surface area contributed by atoms with E-state index in [4.69, 9.17) is 19.1 Å². The molecule has 3 rings (SSSR count). The van der Waals surface area contributed by atoms with Gasteiger partial charge in [-0.1, -0.05) is 20.8 Å². The van der Waals surface area contributed by atoms with E-state index in [9.17, 15) is 0 Å². The number of aliphatic imine (C=N–C) groups is 1. The van der Waals surface area contributed by atoms with Crippen molar-refractivity contribution in [2.75, 3.05) is 52.5 Å². The first-order chi connectivity index (χ1) is 14.5. The molecule has 1 aliphatic heterocycles. The number of guanidine groups is 1. The van der Waals surface area contributed by atoms with Crippen LogP contribution in [-0.4, -0.2) is 68.3 Å². The molecule has 0 aliphatic carbocycles. The zero-order valence-electron chi connectivity index (χ0n) is 18.9. The van der Waals surface area contributed by atoms with E-state index in [0.29, 0.717) is 0 Å². The van der Waals surface area contributed by atoms with Crippen LogP contribution in [0.3, 0.4) is 0 Å². The van der Waals surface area contributed by atoms with Crippen LogP contribution in [0.2, 0.25) is 0 Å². The Labute approximate surface area is 207 Å². The molecule has 7 nitrogen and oxygen atoms in total. The zero-order valence-corrected chi connectivity index (χ0v) is 22.0. The van der Waals surface area contributed by atoms with Crippen LogP contribution >= 0.6 is 35.3 Å². The number of aromatic nitrogens is 1. The second kappa shape index (κ2) is 13.4. The second-order valence-electron chi connectivity index (χ2n) is 8.51. The highest BCUT2D eigenvalue weighted by Crippen LogP contribution is 2.25. The summed E-state index contributed by atoms with van der Waals surface area (Å²) in [6.45, 7) is 13.5. The van der Waals surface area contributed by atoms with Gasteiger partial charge < -0.3 is 19.8 Å². The number of hydrogen-bond acceptors (Lipinski definition) is 6. The van der Waals surface area contributed by atoms with Gasteiger partial charge in [-0.3, -0.25) is 9.89 Å². The van der Waals surface area contributed by atoms with Gasteiger partial charge in [0.1, 0.15) is 5.76 Å². The van der Waals surface area contributed by atoms with Crippen LogP contribution in [0.4, 0.5) is 0 Å². The third-order valence-electron chi connectivity index (χ3n) is 4.90. The third-order valence-corrected chi connectivity index (χ3v) is 6.22. The summed E-state index contributed by atoms with van der Waals surface area (Å²) in [6.07, 6.45) is 3.43. The topological polar surface area (TPSA) is 74.9 Å². The van der Waals surface area contributed by atoms with Gasteiger partial charge in [-0.15, -0.1) is 35.3 Å². The number of nitrogens with zero attached hydrogens (tertiary/aromatic N) is 3. The molecule has 0 atom stereocenters. The van der Waals surface area contributed by atoms with Crippen molar-refractivity contribution in [3.63, 3.8) is 0 Å². The Balaban J connectivity index is 0.00000341. The van der Waals surface area contributed by atoms with E-state index in [1.165, 1.54) is 5.01 Å². The van der Waals surface area contributed by atoms with E-state index in [2.05, 4.69) is 41.7 Å². The van der Waals surface area contributed by atoms with Crippen LogP contribution in [0.15, 0.2) is 33.2 Å². The molecule has 2 N–H and O–H groups in total. The Hall–Kier alpha value is -1.17. The molecule has 0 spiro atoms. The van der Waals surface area contributed by atoms with Crippen molar-refractivity contribution in [3.8, 4) is 0 Å². The smallest absolute Gasteiger partial charge is 0.191 e. The van der Waals surface area contributed by atoms with Crippen LogP contribution in [0.5, 0.6) is 0 Å². The molecular weight excluding hydrogens is 525 g/mol. The Morgan fingerprint density at radius 2 is 1.94 bits per heavy atom. The number of thiazole rings is 1. The maximum Gasteiger partial charge on any atom is 0.191 e. The lowest BCUT2D eigenvalue weighted by Gasteiger charge is -2.25. The van der Waals surface area contributed by atoms with Crippen LogP contribution < -0.4 is 10.6 Å². The molecule has 0 bridgehead atoms. The zero-order chi connectivity index (χ0) is 21.2. The summed E-state index contributed by atoms with van der Waals surface area (Å²) in [5, 5.41) is 10.3. The molecule has 1 aliphatic rings. The van der Waals surface area contributed by atoms with Gasteiger partial charge in [0.2, 0.25) is 0 Å². The van der Waals surface area contributed by atoms with Crippen molar-refractivity contribution in [2.24, 2.45) is 4.99 Å². The molecule has 1 saturated heterocycles. The molecule has 0 unspecified atom stereocenters. The monoisotopic (exact) mass is 561 g/mol. The van der Waals surface area contributed by atoms with Crippen molar-refractivity contribution in [3.05, 3.63) is 40.2 Å². The molecule has 0 radical (unpaired) electrons. The summed E-state index contributed by atoms with van der Waals surface area (Å²) in [5.41, 5.74) is 1.25. The first-order valence-corrected chi connectivity index (χ1v) is 11.7. The Bertz CT molecular complexity index is 767. The lowest BCUT2D eigenvalue weighted by molar-refractivity contribution is 0.0394. The molecule has 0 amide bonds. The number of halogens is 1. The number of nitrogens with one attached hydrogen (secondary N) is 2. The number of ether oxygens (including phenoxy) is 1. The summed E-state index contributed by atoms with van der Waals surface area (Å²) in [4.78, 5) is 12.0. The van der Waals surface area contributed by atoms with Crippen LogP contribution in [0, 0.1) is 0 Å². The molecule has 9 heteroatoms. The molecule has 0 saturated carbocycles. The lowest BCUT2D eigenvalue weighted by atomic mass is 9.98. The Morgan fingerprint density at radius 1 is 1.19 bits per heavy atom. The SMILES string of the molecule is CC(C)(C)c1nc(CCNC(=NCCN2CCOCC2)NCCc2ccco2)cs1.I. The van der Waals surface area contributed by atoms with Gasteiger partial charge in [0.15, 0.2) is 5.96 Å². The average Bonchev–Trinajstić information content (AvgIpc) is 3.40.